The maximum absolute atomic E-state index is 2.65. The van der Waals surface area contributed by atoms with Crippen LogP contribution in [0.2, 0.25) is 0 Å². The van der Waals surface area contributed by atoms with Crippen molar-refractivity contribution in [2.45, 2.75) is 53.4 Å². The summed E-state index contributed by atoms with van der Waals surface area (Å²) in [7, 11) is 0. The molecule has 0 spiro atoms. The fourth-order valence-electron chi connectivity index (χ4n) is 2.60. The predicted octanol–water partition coefficient (Wildman–Crippen LogP) is 3.23. The molecule has 1 aliphatic heterocycles. The highest BCUT2D eigenvalue weighted by atomic mass is 15.3. The van der Waals surface area contributed by atoms with Gasteiger partial charge in [0, 0.05) is 32.7 Å². The fraction of sp³-hybridized carbons (Fsp3) is 1.00. The van der Waals surface area contributed by atoms with Gasteiger partial charge in [0.1, 0.15) is 0 Å². The van der Waals surface area contributed by atoms with Gasteiger partial charge in [-0.2, -0.15) is 0 Å². The lowest BCUT2D eigenvalue weighted by molar-refractivity contribution is 0.101. The number of rotatable bonds is 6. The SMILES string of the molecule is CCCCCCN1CCN(CC(C)(C)C)CC1. The Labute approximate surface area is 108 Å². The van der Waals surface area contributed by atoms with Crippen LogP contribution in [0.1, 0.15) is 53.4 Å². The standard InChI is InChI=1S/C15H32N2/c1-5-6-7-8-9-16-10-12-17(13-11-16)14-15(2,3)4/h5-14H2,1-4H3. The maximum atomic E-state index is 2.65. The summed E-state index contributed by atoms with van der Waals surface area (Å²) in [6, 6.07) is 0. The van der Waals surface area contributed by atoms with Crippen molar-refractivity contribution in [3.05, 3.63) is 0 Å². The van der Waals surface area contributed by atoms with Crippen molar-refractivity contribution in [1.29, 1.82) is 0 Å². The molecule has 102 valence electrons. The first-order valence-electron chi connectivity index (χ1n) is 7.46. The average Bonchev–Trinajstić information content (AvgIpc) is 2.25. The number of unbranched alkanes of at least 4 members (excludes halogenated alkanes) is 3. The zero-order valence-corrected chi connectivity index (χ0v) is 12.5. The van der Waals surface area contributed by atoms with E-state index in [0.29, 0.717) is 5.41 Å². The van der Waals surface area contributed by atoms with Crippen molar-refractivity contribution in [3.63, 3.8) is 0 Å². The summed E-state index contributed by atoms with van der Waals surface area (Å²) in [5.74, 6) is 0. The summed E-state index contributed by atoms with van der Waals surface area (Å²) in [5, 5.41) is 0. The second-order valence-corrected chi connectivity index (χ2v) is 6.74. The van der Waals surface area contributed by atoms with Crippen LogP contribution in [-0.2, 0) is 0 Å². The normalized spacial score (nSPS) is 19.8. The van der Waals surface area contributed by atoms with Gasteiger partial charge in [-0.15, -0.1) is 0 Å². The van der Waals surface area contributed by atoms with Crippen LogP contribution in [0.3, 0.4) is 0 Å². The first-order chi connectivity index (χ1) is 8.01. The predicted molar refractivity (Wildman–Crippen MR) is 76.5 cm³/mol. The van der Waals surface area contributed by atoms with E-state index >= 15 is 0 Å². The van der Waals surface area contributed by atoms with Gasteiger partial charge in [-0.25, -0.2) is 0 Å². The molecule has 0 aromatic rings. The summed E-state index contributed by atoms with van der Waals surface area (Å²) in [5.41, 5.74) is 0.448. The number of hydrogen-bond donors (Lipinski definition) is 0. The summed E-state index contributed by atoms with van der Waals surface area (Å²) >= 11 is 0. The molecule has 0 atom stereocenters. The van der Waals surface area contributed by atoms with Crippen LogP contribution in [0.5, 0.6) is 0 Å². The molecule has 0 amide bonds. The van der Waals surface area contributed by atoms with Gasteiger partial charge in [0.25, 0.3) is 0 Å². The van der Waals surface area contributed by atoms with Crippen LogP contribution in [0.4, 0.5) is 0 Å². The van der Waals surface area contributed by atoms with Crippen LogP contribution in [0, 0.1) is 5.41 Å². The molecule has 2 nitrogen and oxygen atoms in total. The van der Waals surface area contributed by atoms with Gasteiger partial charge in [0.05, 0.1) is 0 Å². The number of hydrogen-bond acceptors (Lipinski definition) is 2. The second kappa shape index (κ2) is 7.38. The molecular weight excluding hydrogens is 208 g/mol. The van der Waals surface area contributed by atoms with Gasteiger partial charge in [-0.3, -0.25) is 0 Å². The van der Waals surface area contributed by atoms with E-state index in [-0.39, 0.29) is 0 Å². The summed E-state index contributed by atoms with van der Waals surface area (Å²) in [6.45, 7) is 17.0. The molecule has 17 heavy (non-hydrogen) atoms. The van der Waals surface area contributed by atoms with E-state index in [2.05, 4.69) is 37.5 Å². The molecule has 1 heterocycles. The number of piperazine rings is 1. The van der Waals surface area contributed by atoms with E-state index in [4.69, 9.17) is 0 Å². The highest BCUT2D eigenvalue weighted by Gasteiger charge is 2.20. The third-order valence-electron chi connectivity index (χ3n) is 3.49. The van der Waals surface area contributed by atoms with Gasteiger partial charge in [0.15, 0.2) is 0 Å². The van der Waals surface area contributed by atoms with Gasteiger partial charge < -0.3 is 9.80 Å². The fourth-order valence-corrected chi connectivity index (χ4v) is 2.60. The summed E-state index contributed by atoms with van der Waals surface area (Å²) in [6.07, 6.45) is 5.56. The summed E-state index contributed by atoms with van der Waals surface area (Å²) in [4.78, 5) is 5.28. The highest BCUT2D eigenvalue weighted by molar-refractivity contribution is 4.76. The van der Waals surface area contributed by atoms with Gasteiger partial charge in [-0.1, -0.05) is 47.0 Å². The van der Waals surface area contributed by atoms with Crippen LogP contribution in [-0.4, -0.2) is 49.1 Å². The molecule has 0 bridgehead atoms. The van der Waals surface area contributed by atoms with Crippen molar-refractivity contribution in [3.8, 4) is 0 Å². The molecule has 2 heteroatoms. The quantitative estimate of drug-likeness (QED) is 0.658. The third kappa shape index (κ3) is 7.05. The van der Waals surface area contributed by atoms with E-state index in [0.717, 1.165) is 0 Å². The molecule has 1 aliphatic rings. The van der Waals surface area contributed by atoms with E-state index in [1.807, 2.05) is 0 Å². The van der Waals surface area contributed by atoms with E-state index in [1.165, 1.54) is 65.0 Å². The first-order valence-corrected chi connectivity index (χ1v) is 7.46. The van der Waals surface area contributed by atoms with Gasteiger partial charge >= 0.3 is 0 Å². The highest BCUT2D eigenvalue weighted by Crippen LogP contribution is 2.16. The Morgan fingerprint density at radius 3 is 1.94 bits per heavy atom. The van der Waals surface area contributed by atoms with E-state index < -0.39 is 0 Å². The van der Waals surface area contributed by atoms with Crippen molar-refractivity contribution < 1.29 is 0 Å². The van der Waals surface area contributed by atoms with Crippen molar-refractivity contribution in [1.82, 2.24) is 9.80 Å². The van der Waals surface area contributed by atoms with E-state index in [9.17, 15) is 0 Å². The minimum atomic E-state index is 0.448. The van der Waals surface area contributed by atoms with Crippen molar-refractivity contribution >= 4 is 0 Å². The largest absolute Gasteiger partial charge is 0.301 e. The maximum Gasteiger partial charge on any atom is 0.0110 e. The molecule has 1 rings (SSSR count). The Bertz CT molecular complexity index is 188. The van der Waals surface area contributed by atoms with Gasteiger partial charge in [-0.05, 0) is 18.4 Å². The third-order valence-corrected chi connectivity index (χ3v) is 3.49. The molecule has 0 N–H and O–H groups in total. The molecule has 0 aromatic heterocycles. The molecule has 0 unspecified atom stereocenters. The zero-order chi connectivity index (χ0) is 12.7. The molecule has 0 aromatic carbocycles. The van der Waals surface area contributed by atoms with Crippen LogP contribution in [0.15, 0.2) is 0 Å². The second-order valence-electron chi connectivity index (χ2n) is 6.74. The lowest BCUT2D eigenvalue weighted by atomic mass is 9.96. The molecule has 1 saturated heterocycles. The van der Waals surface area contributed by atoms with E-state index in [1.54, 1.807) is 0 Å². The van der Waals surface area contributed by atoms with Crippen LogP contribution >= 0.6 is 0 Å². The lowest BCUT2D eigenvalue weighted by Crippen LogP contribution is -2.48. The minimum absolute atomic E-state index is 0.448. The first kappa shape index (κ1) is 15.0. The minimum Gasteiger partial charge on any atom is -0.301 e. The Kier molecular flexibility index (Phi) is 6.50. The Balaban J connectivity index is 2.09. The smallest absolute Gasteiger partial charge is 0.0110 e. The van der Waals surface area contributed by atoms with Crippen molar-refractivity contribution in [2.24, 2.45) is 5.41 Å². The summed E-state index contributed by atoms with van der Waals surface area (Å²) < 4.78 is 0. The van der Waals surface area contributed by atoms with Crippen molar-refractivity contribution in [2.75, 3.05) is 39.3 Å². The molecule has 0 saturated carbocycles. The molecule has 0 radical (unpaired) electrons. The Morgan fingerprint density at radius 2 is 1.41 bits per heavy atom. The van der Waals surface area contributed by atoms with Crippen LogP contribution < -0.4 is 0 Å². The topological polar surface area (TPSA) is 6.48 Å². The molecule has 1 fully saturated rings. The number of nitrogens with zero attached hydrogens (tertiary/aromatic N) is 2. The average molecular weight is 240 g/mol. The Hall–Kier alpha value is -0.0800. The monoisotopic (exact) mass is 240 g/mol. The lowest BCUT2D eigenvalue weighted by Gasteiger charge is -2.37. The zero-order valence-electron chi connectivity index (χ0n) is 12.5. The van der Waals surface area contributed by atoms with Gasteiger partial charge in [0.2, 0.25) is 0 Å². The molecule has 0 aliphatic carbocycles. The molecular formula is C15H32N2. The Morgan fingerprint density at radius 1 is 0.824 bits per heavy atom. The van der Waals surface area contributed by atoms with Crippen LogP contribution in [0.25, 0.3) is 0 Å².